The molecule has 0 bridgehead atoms. The van der Waals surface area contributed by atoms with Gasteiger partial charge in [0.05, 0.1) is 6.10 Å². The second-order valence-corrected chi connectivity index (χ2v) is 3.54. The average Bonchev–Trinajstić information content (AvgIpc) is 2.20. The van der Waals surface area contributed by atoms with Gasteiger partial charge in [-0.25, -0.2) is 4.79 Å². The Morgan fingerprint density at radius 2 is 2.06 bits per heavy atom. The molecule has 0 aromatic rings. The normalized spacial score (nSPS) is 13.6. The van der Waals surface area contributed by atoms with Crippen molar-refractivity contribution in [1.29, 1.82) is 0 Å². The molecule has 3 N–H and O–H groups in total. The fraction of sp³-hybridized carbons (Fsp3) is 0.636. The maximum absolute atomic E-state index is 11.3. The number of carboxylic acids is 1. The molecule has 90 valence electrons. The molecule has 0 heterocycles. The van der Waals surface area contributed by atoms with Gasteiger partial charge in [-0.2, -0.15) is 0 Å². The highest BCUT2D eigenvalue weighted by Crippen LogP contribution is 2.00. The van der Waals surface area contributed by atoms with Crippen LogP contribution < -0.4 is 5.32 Å². The molecule has 0 saturated heterocycles. The van der Waals surface area contributed by atoms with Crippen molar-refractivity contribution in [2.24, 2.45) is 0 Å². The fourth-order valence-electron chi connectivity index (χ4n) is 1.15. The highest BCUT2D eigenvalue weighted by Gasteiger charge is 2.24. The van der Waals surface area contributed by atoms with Crippen LogP contribution in [0.15, 0.2) is 0 Å². The van der Waals surface area contributed by atoms with Gasteiger partial charge in [-0.1, -0.05) is 0 Å². The molecule has 0 rings (SSSR count). The number of nitrogens with one attached hydrogen (secondary N) is 1. The summed E-state index contributed by atoms with van der Waals surface area (Å²) in [6.07, 6.45) is 6.10. The first-order valence-electron chi connectivity index (χ1n) is 5.12. The van der Waals surface area contributed by atoms with Crippen LogP contribution in [0, 0.1) is 12.3 Å². The van der Waals surface area contributed by atoms with Crippen molar-refractivity contribution in [3.8, 4) is 12.3 Å². The molecule has 5 heteroatoms. The monoisotopic (exact) mass is 227 g/mol. The summed E-state index contributed by atoms with van der Waals surface area (Å²) >= 11 is 0. The third-order valence-electron chi connectivity index (χ3n) is 2.04. The first-order chi connectivity index (χ1) is 7.49. The number of hydrogen-bond acceptors (Lipinski definition) is 3. The Hall–Kier alpha value is -1.54. The lowest BCUT2D eigenvalue weighted by Gasteiger charge is -2.16. The molecule has 0 aromatic heterocycles. The first-order valence-corrected chi connectivity index (χ1v) is 5.12. The third-order valence-corrected chi connectivity index (χ3v) is 2.04. The maximum Gasteiger partial charge on any atom is 0.328 e. The molecular weight excluding hydrogens is 210 g/mol. The van der Waals surface area contributed by atoms with Crippen molar-refractivity contribution < 1.29 is 19.8 Å². The molecule has 0 unspecified atom stereocenters. The van der Waals surface area contributed by atoms with E-state index in [-0.39, 0.29) is 12.3 Å². The summed E-state index contributed by atoms with van der Waals surface area (Å²) in [4.78, 5) is 21.9. The van der Waals surface area contributed by atoms with Crippen molar-refractivity contribution in [1.82, 2.24) is 5.32 Å². The van der Waals surface area contributed by atoms with Gasteiger partial charge in [0.1, 0.15) is 0 Å². The van der Waals surface area contributed by atoms with E-state index in [9.17, 15) is 9.59 Å². The zero-order valence-electron chi connectivity index (χ0n) is 9.27. The highest BCUT2D eigenvalue weighted by molar-refractivity contribution is 5.83. The second-order valence-electron chi connectivity index (χ2n) is 3.54. The minimum Gasteiger partial charge on any atom is -0.480 e. The molecule has 0 aromatic carbocycles. The summed E-state index contributed by atoms with van der Waals surface area (Å²) in [5.41, 5.74) is 0. The van der Waals surface area contributed by atoms with E-state index in [0.717, 1.165) is 6.42 Å². The molecule has 0 fully saturated rings. The number of aliphatic carboxylic acids is 1. The number of unbranched alkanes of at least 4 members (excludes halogenated alkanes) is 2. The lowest BCUT2D eigenvalue weighted by atomic mass is 10.1. The Morgan fingerprint density at radius 1 is 1.44 bits per heavy atom. The van der Waals surface area contributed by atoms with Crippen LogP contribution in [0.4, 0.5) is 0 Å². The van der Waals surface area contributed by atoms with Crippen molar-refractivity contribution in [2.75, 3.05) is 0 Å². The minimum absolute atomic E-state index is 0.220. The number of carboxylic acid groups (broad SMARTS) is 1. The number of hydrogen-bond donors (Lipinski definition) is 3. The number of aliphatic hydroxyl groups is 1. The summed E-state index contributed by atoms with van der Waals surface area (Å²) in [5, 5.41) is 20.1. The van der Waals surface area contributed by atoms with Crippen molar-refractivity contribution in [3.05, 3.63) is 0 Å². The minimum atomic E-state index is -1.25. The molecule has 0 spiro atoms. The molecule has 0 aliphatic carbocycles. The van der Waals surface area contributed by atoms with E-state index in [1.54, 1.807) is 0 Å². The van der Waals surface area contributed by atoms with Crippen LogP contribution in [-0.2, 0) is 9.59 Å². The summed E-state index contributed by atoms with van der Waals surface area (Å²) in [5.74, 6) is 0.825. The van der Waals surface area contributed by atoms with Crippen LogP contribution in [0.1, 0.15) is 32.6 Å². The summed E-state index contributed by atoms with van der Waals surface area (Å²) in [6.45, 7) is 1.32. The molecule has 0 aliphatic heterocycles. The number of carbonyl (C=O) groups excluding carboxylic acids is 1. The van der Waals surface area contributed by atoms with Gasteiger partial charge in [0.2, 0.25) is 5.91 Å². The predicted molar refractivity (Wildman–Crippen MR) is 58.5 cm³/mol. The second kappa shape index (κ2) is 7.71. The van der Waals surface area contributed by atoms with Gasteiger partial charge in [0, 0.05) is 12.8 Å². The molecule has 5 nitrogen and oxygen atoms in total. The fourth-order valence-corrected chi connectivity index (χ4v) is 1.15. The van der Waals surface area contributed by atoms with Gasteiger partial charge in [0.25, 0.3) is 0 Å². The van der Waals surface area contributed by atoms with Gasteiger partial charge in [0.15, 0.2) is 6.04 Å². The number of terminal acetylenes is 1. The SMILES string of the molecule is C#CCCCCC(=O)N[C@H](C(=O)O)[C@@H](C)O. The van der Waals surface area contributed by atoms with Crippen LogP contribution in [0.5, 0.6) is 0 Å². The lowest BCUT2D eigenvalue weighted by molar-refractivity contribution is -0.144. The standard InChI is InChI=1S/C11H17NO4/c1-3-4-5-6-7-9(14)12-10(8(2)13)11(15)16/h1,8,10,13H,4-7H2,2H3,(H,12,14)(H,15,16)/t8-,10+/m1/s1. The zero-order valence-corrected chi connectivity index (χ0v) is 9.27. The third kappa shape index (κ3) is 6.04. The Labute approximate surface area is 94.8 Å². The number of aliphatic hydroxyl groups excluding tert-OH is 1. The average molecular weight is 227 g/mol. The Kier molecular flexibility index (Phi) is 6.97. The molecule has 16 heavy (non-hydrogen) atoms. The number of amides is 1. The van der Waals surface area contributed by atoms with Crippen molar-refractivity contribution >= 4 is 11.9 Å². The Morgan fingerprint density at radius 3 is 2.50 bits per heavy atom. The van der Waals surface area contributed by atoms with Crippen molar-refractivity contribution in [3.63, 3.8) is 0 Å². The van der Waals surface area contributed by atoms with Crippen LogP contribution in [0.3, 0.4) is 0 Å². The molecular formula is C11H17NO4. The predicted octanol–water partition coefficient (Wildman–Crippen LogP) is 0.130. The molecule has 2 atom stereocenters. The van der Waals surface area contributed by atoms with E-state index in [1.165, 1.54) is 6.92 Å². The van der Waals surface area contributed by atoms with Gasteiger partial charge in [-0.05, 0) is 19.8 Å². The van der Waals surface area contributed by atoms with E-state index < -0.39 is 18.1 Å². The van der Waals surface area contributed by atoms with Crippen molar-refractivity contribution in [2.45, 2.75) is 44.8 Å². The summed E-state index contributed by atoms with van der Waals surface area (Å²) in [6, 6.07) is -1.25. The Bertz CT molecular complexity index is 280. The quantitative estimate of drug-likeness (QED) is 0.426. The van der Waals surface area contributed by atoms with Gasteiger partial charge in [-0.15, -0.1) is 12.3 Å². The van der Waals surface area contributed by atoms with E-state index in [2.05, 4.69) is 11.2 Å². The highest BCUT2D eigenvalue weighted by atomic mass is 16.4. The van der Waals surface area contributed by atoms with Crippen LogP contribution in [0.25, 0.3) is 0 Å². The molecule has 0 saturated carbocycles. The van der Waals surface area contributed by atoms with Gasteiger partial charge in [-0.3, -0.25) is 4.79 Å². The van der Waals surface area contributed by atoms with Gasteiger partial charge < -0.3 is 15.5 Å². The number of rotatable bonds is 7. The van der Waals surface area contributed by atoms with Gasteiger partial charge >= 0.3 is 5.97 Å². The maximum atomic E-state index is 11.3. The van der Waals surface area contributed by atoms with Crippen LogP contribution in [-0.4, -0.2) is 34.2 Å². The van der Waals surface area contributed by atoms with E-state index in [0.29, 0.717) is 12.8 Å². The van der Waals surface area contributed by atoms with Crippen LogP contribution >= 0.6 is 0 Å². The van der Waals surface area contributed by atoms with Crippen LogP contribution in [0.2, 0.25) is 0 Å². The smallest absolute Gasteiger partial charge is 0.328 e. The molecule has 0 radical (unpaired) electrons. The topological polar surface area (TPSA) is 86.6 Å². The van der Waals surface area contributed by atoms with E-state index >= 15 is 0 Å². The summed E-state index contributed by atoms with van der Waals surface area (Å²) < 4.78 is 0. The lowest BCUT2D eigenvalue weighted by Crippen LogP contribution is -2.47. The number of carbonyl (C=O) groups is 2. The first kappa shape index (κ1) is 14.5. The molecule has 0 aliphatic rings. The van der Waals surface area contributed by atoms with E-state index in [1.807, 2.05) is 0 Å². The Balaban J connectivity index is 3.93. The van der Waals surface area contributed by atoms with E-state index in [4.69, 9.17) is 16.6 Å². The molecule has 1 amide bonds. The zero-order chi connectivity index (χ0) is 12.6. The largest absolute Gasteiger partial charge is 0.480 e. The summed E-state index contributed by atoms with van der Waals surface area (Å²) in [7, 11) is 0.